The molecule has 8 heteroatoms. The molecule has 5 nitrogen and oxygen atoms in total. The summed E-state index contributed by atoms with van der Waals surface area (Å²) >= 11 is 3.42. The highest BCUT2D eigenvalue weighted by molar-refractivity contribution is 9.10. The van der Waals surface area contributed by atoms with Crippen LogP contribution < -0.4 is 5.73 Å². The maximum atomic E-state index is 13.0. The standard InChI is InChI=1S/C18H23BrN4O.2ClH/c1-13-10-21-23(11-13)16-4-3-9-22(12-16)17(24)18(2,20)14-5-7-15(19)8-6-14;;/h5-8,10-11,16H,3-4,9,12,20H2,1-2H3;2*1H. The van der Waals surface area contributed by atoms with Crippen molar-refractivity contribution in [2.45, 2.75) is 38.3 Å². The van der Waals surface area contributed by atoms with Gasteiger partial charge in [0.25, 0.3) is 0 Å². The van der Waals surface area contributed by atoms with Crippen LogP contribution in [0, 0.1) is 6.92 Å². The summed E-state index contributed by atoms with van der Waals surface area (Å²) in [6.45, 7) is 5.22. The Morgan fingerprint density at radius 3 is 2.54 bits per heavy atom. The van der Waals surface area contributed by atoms with Gasteiger partial charge in [0.2, 0.25) is 5.91 Å². The third-order valence-corrected chi connectivity index (χ3v) is 5.21. The zero-order chi connectivity index (χ0) is 17.3. The normalized spacial score (nSPS) is 19.1. The summed E-state index contributed by atoms with van der Waals surface area (Å²) in [7, 11) is 0. The van der Waals surface area contributed by atoms with Crippen molar-refractivity contribution in [2.75, 3.05) is 13.1 Å². The Morgan fingerprint density at radius 2 is 1.96 bits per heavy atom. The number of rotatable bonds is 3. The molecule has 2 atom stereocenters. The molecular formula is C18H25BrCl2N4O. The van der Waals surface area contributed by atoms with Gasteiger partial charge in [-0.1, -0.05) is 28.1 Å². The van der Waals surface area contributed by atoms with E-state index in [-0.39, 0.29) is 36.8 Å². The first-order valence-electron chi connectivity index (χ1n) is 8.23. The molecule has 1 fully saturated rings. The van der Waals surface area contributed by atoms with E-state index in [4.69, 9.17) is 5.73 Å². The first kappa shape index (κ1) is 23.0. The monoisotopic (exact) mass is 462 g/mol. The summed E-state index contributed by atoms with van der Waals surface area (Å²) < 4.78 is 2.95. The summed E-state index contributed by atoms with van der Waals surface area (Å²) in [6, 6.07) is 7.86. The van der Waals surface area contributed by atoms with Crippen LogP contribution in [0.15, 0.2) is 41.1 Å². The van der Waals surface area contributed by atoms with E-state index < -0.39 is 5.54 Å². The van der Waals surface area contributed by atoms with Crippen LogP contribution in [-0.2, 0) is 10.3 Å². The third kappa shape index (κ3) is 4.80. The van der Waals surface area contributed by atoms with E-state index in [9.17, 15) is 4.79 Å². The fraction of sp³-hybridized carbons (Fsp3) is 0.444. The molecule has 1 aliphatic rings. The van der Waals surface area contributed by atoms with Crippen molar-refractivity contribution in [3.05, 3.63) is 52.3 Å². The topological polar surface area (TPSA) is 64.2 Å². The predicted molar refractivity (Wildman–Crippen MR) is 112 cm³/mol. The lowest BCUT2D eigenvalue weighted by Gasteiger charge is -2.37. The van der Waals surface area contributed by atoms with Gasteiger partial charge in [0.15, 0.2) is 0 Å². The molecule has 0 bridgehead atoms. The average molecular weight is 464 g/mol. The van der Waals surface area contributed by atoms with E-state index in [2.05, 4.69) is 21.0 Å². The van der Waals surface area contributed by atoms with Gasteiger partial charge in [-0.3, -0.25) is 9.48 Å². The van der Waals surface area contributed by atoms with E-state index in [1.165, 1.54) is 0 Å². The number of carbonyl (C=O) groups is 1. The fourth-order valence-corrected chi connectivity index (χ4v) is 3.50. The molecule has 0 aliphatic carbocycles. The van der Waals surface area contributed by atoms with E-state index in [0.29, 0.717) is 6.54 Å². The number of hydrogen-bond acceptors (Lipinski definition) is 3. The number of nitrogens with two attached hydrogens (primary N) is 1. The lowest BCUT2D eigenvalue weighted by molar-refractivity contribution is -0.138. The largest absolute Gasteiger partial charge is 0.339 e. The second-order valence-corrected chi connectivity index (χ2v) is 7.67. The molecule has 1 aromatic heterocycles. The van der Waals surface area contributed by atoms with Gasteiger partial charge in [-0.2, -0.15) is 5.10 Å². The molecule has 144 valence electrons. The first-order valence-corrected chi connectivity index (χ1v) is 9.02. The average Bonchev–Trinajstić information content (AvgIpc) is 3.01. The van der Waals surface area contributed by atoms with E-state index in [1.54, 1.807) is 6.92 Å². The number of aromatic nitrogens is 2. The zero-order valence-electron chi connectivity index (χ0n) is 14.9. The number of amides is 1. The van der Waals surface area contributed by atoms with Crippen LogP contribution in [0.4, 0.5) is 0 Å². The van der Waals surface area contributed by atoms with Gasteiger partial charge in [0.05, 0.1) is 12.2 Å². The molecular weight excluding hydrogens is 439 g/mol. The minimum atomic E-state index is -1.03. The number of hydrogen-bond donors (Lipinski definition) is 1. The quantitative estimate of drug-likeness (QED) is 0.751. The SMILES string of the molecule is Cc1cnn(C2CCCN(C(=O)C(C)(N)c3ccc(Br)cc3)C2)c1.Cl.Cl. The highest BCUT2D eigenvalue weighted by Gasteiger charge is 2.36. The predicted octanol–water partition coefficient (Wildman–Crippen LogP) is 3.84. The van der Waals surface area contributed by atoms with Crippen LogP contribution in [0.5, 0.6) is 0 Å². The van der Waals surface area contributed by atoms with Crippen molar-refractivity contribution < 1.29 is 4.79 Å². The van der Waals surface area contributed by atoms with Crippen molar-refractivity contribution in [2.24, 2.45) is 5.73 Å². The van der Waals surface area contributed by atoms with E-state index in [0.717, 1.165) is 35.0 Å². The van der Waals surface area contributed by atoms with Crippen LogP contribution in [0.2, 0.25) is 0 Å². The van der Waals surface area contributed by atoms with Crippen molar-refractivity contribution in [1.29, 1.82) is 0 Å². The number of piperidine rings is 1. The van der Waals surface area contributed by atoms with Crippen molar-refractivity contribution >= 4 is 46.7 Å². The van der Waals surface area contributed by atoms with Gasteiger partial charge in [0, 0.05) is 23.8 Å². The Balaban J connectivity index is 0.00000169. The Bertz CT molecular complexity index is 733. The van der Waals surface area contributed by atoms with Crippen LogP contribution in [0.25, 0.3) is 0 Å². The number of aryl methyl sites for hydroxylation is 1. The smallest absolute Gasteiger partial charge is 0.247 e. The fourth-order valence-electron chi connectivity index (χ4n) is 3.24. The van der Waals surface area contributed by atoms with Gasteiger partial charge >= 0.3 is 0 Å². The highest BCUT2D eigenvalue weighted by Crippen LogP contribution is 2.27. The molecule has 0 saturated carbocycles. The van der Waals surface area contributed by atoms with Gasteiger partial charge < -0.3 is 10.6 Å². The minimum absolute atomic E-state index is 0. The Labute approximate surface area is 175 Å². The van der Waals surface area contributed by atoms with E-state index in [1.807, 2.05) is 53.2 Å². The Morgan fingerprint density at radius 1 is 1.31 bits per heavy atom. The lowest BCUT2D eigenvalue weighted by atomic mass is 9.90. The molecule has 1 amide bonds. The number of carbonyl (C=O) groups excluding carboxylic acids is 1. The molecule has 0 radical (unpaired) electrons. The molecule has 0 spiro atoms. The van der Waals surface area contributed by atoms with Crippen LogP contribution >= 0.6 is 40.7 Å². The van der Waals surface area contributed by atoms with Gasteiger partial charge in [0.1, 0.15) is 5.54 Å². The molecule has 2 N–H and O–H groups in total. The summed E-state index contributed by atoms with van der Waals surface area (Å²) in [4.78, 5) is 14.9. The number of halogens is 3. The number of nitrogens with zero attached hydrogens (tertiary/aromatic N) is 3. The molecule has 1 saturated heterocycles. The van der Waals surface area contributed by atoms with Crippen LogP contribution in [-0.4, -0.2) is 33.7 Å². The Kier molecular flexibility index (Phi) is 8.14. The zero-order valence-corrected chi connectivity index (χ0v) is 18.1. The third-order valence-electron chi connectivity index (χ3n) is 4.68. The maximum absolute atomic E-state index is 13.0. The molecule has 1 aliphatic heterocycles. The first-order chi connectivity index (χ1) is 11.4. The maximum Gasteiger partial charge on any atom is 0.247 e. The highest BCUT2D eigenvalue weighted by atomic mass is 79.9. The van der Waals surface area contributed by atoms with Crippen molar-refractivity contribution in [1.82, 2.24) is 14.7 Å². The summed E-state index contributed by atoms with van der Waals surface area (Å²) in [5, 5.41) is 4.41. The van der Waals surface area contributed by atoms with E-state index >= 15 is 0 Å². The molecule has 1 aromatic carbocycles. The van der Waals surface area contributed by atoms with Gasteiger partial charge in [-0.15, -0.1) is 24.8 Å². The summed E-state index contributed by atoms with van der Waals surface area (Å²) in [6.07, 6.45) is 5.89. The second kappa shape index (κ2) is 9.22. The molecule has 2 heterocycles. The van der Waals surface area contributed by atoms with Crippen LogP contribution in [0.3, 0.4) is 0 Å². The molecule has 3 rings (SSSR count). The minimum Gasteiger partial charge on any atom is -0.339 e. The molecule has 2 unspecified atom stereocenters. The second-order valence-electron chi connectivity index (χ2n) is 6.75. The lowest BCUT2D eigenvalue weighted by Crippen LogP contribution is -2.53. The number of benzene rings is 1. The van der Waals surface area contributed by atoms with Crippen LogP contribution in [0.1, 0.15) is 36.9 Å². The summed E-state index contributed by atoms with van der Waals surface area (Å²) in [5.41, 5.74) is 7.36. The summed E-state index contributed by atoms with van der Waals surface area (Å²) in [5.74, 6) is -0.0293. The number of likely N-dealkylation sites (tertiary alicyclic amines) is 1. The Hall–Kier alpha value is -1.08. The molecule has 2 aromatic rings. The van der Waals surface area contributed by atoms with Gasteiger partial charge in [-0.25, -0.2) is 0 Å². The molecule has 26 heavy (non-hydrogen) atoms. The van der Waals surface area contributed by atoms with Crippen molar-refractivity contribution in [3.8, 4) is 0 Å². The van der Waals surface area contributed by atoms with Crippen molar-refractivity contribution in [3.63, 3.8) is 0 Å². The van der Waals surface area contributed by atoms with Gasteiger partial charge in [-0.05, 0) is 49.9 Å².